The van der Waals surface area contributed by atoms with Crippen LogP contribution < -0.4 is 4.90 Å². The summed E-state index contributed by atoms with van der Waals surface area (Å²) in [4.78, 5) is 2.51. The molecular weight excluding hydrogens is 335 g/mol. The van der Waals surface area contributed by atoms with Gasteiger partial charge in [0.25, 0.3) is 0 Å². The molecule has 0 radical (unpaired) electrons. The van der Waals surface area contributed by atoms with E-state index in [0.717, 1.165) is 30.5 Å². The summed E-state index contributed by atoms with van der Waals surface area (Å²) in [5, 5.41) is 9.56. The summed E-state index contributed by atoms with van der Waals surface area (Å²) in [5.41, 5.74) is 5.08. The largest absolute Gasteiger partial charge is 0.366 e. The molecule has 1 aliphatic heterocycles. The Bertz CT molecular complexity index is 888. The van der Waals surface area contributed by atoms with Crippen LogP contribution in [0.2, 0.25) is 0 Å². The number of hydrogen-bond acceptors (Lipinski definition) is 2. The first-order chi connectivity index (χ1) is 12.9. The van der Waals surface area contributed by atoms with Gasteiger partial charge in [0.2, 0.25) is 0 Å². The molecule has 1 aliphatic rings. The van der Waals surface area contributed by atoms with E-state index >= 15 is 0 Å². The first-order valence-corrected chi connectivity index (χ1v) is 9.65. The first kappa shape index (κ1) is 19.2. The van der Waals surface area contributed by atoms with E-state index in [1.165, 1.54) is 23.4 Å². The molecule has 0 fully saturated rings. The van der Waals surface area contributed by atoms with Crippen molar-refractivity contribution in [1.29, 1.82) is 5.26 Å². The number of anilines is 1. The normalized spacial score (nSPS) is 18.7. The maximum atomic E-state index is 13.2. The molecule has 0 saturated carbocycles. The molecule has 1 heterocycles. The van der Waals surface area contributed by atoms with Gasteiger partial charge in [0.1, 0.15) is 5.82 Å². The van der Waals surface area contributed by atoms with Crippen LogP contribution in [0, 0.1) is 17.1 Å². The molecule has 2 aromatic rings. The standard InChI is InChI=1S/C24H27FN2/c1-5-12-27-23-11-6-18(14-22(23)17(2)15-24(27,3)4)13-20(16-26)19-7-9-21(25)10-8-19/h6-11,13-14,17H,5,12,15H2,1-4H3/b20-13+. The van der Waals surface area contributed by atoms with E-state index in [-0.39, 0.29) is 11.4 Å². The smallest absolute Gasteiger partial charge is 0.123 e. The van der Waals surface area contributed by atoms with E-state index < -0.39 is 0 Å². The van der Waals surface area contributed by atoms with E-state index in [4.69, 9.17) is 0 Å². The number of allylic oxidation sites excluding steroid dienone is 1. The molecule has 3 rings (SSSR count). The van der Waals surface area contributed by atoms with Crippen LogP contribution >= 0.6 is 0 Å². The fourth-order valence-electron chi connectivity index (χ4n) is 4.22. The van der Waals surface area contributed by atoms with Crippen LogP contribution in [0.25, 0.3) is 11.6 Å². The highest BCUT2D eigenvalue weighted by molar-refractivity contribution is 5.90. The molecule has 0 aromatic heterocycles. The highest BCUT2D eigenvalue weighted by Gasteiger charge is 2.35. The van der Waals surface area contributed by atoms with Crippen molar-refractivity contribution in [2.24, 2.45) is 0 Å². The molecule has 0 aliphatic carbocycles. The fourth-order valence-corrected chi connectivity index (χ4v) is 4.22. The molecule has 0 bridgehead atoms. The highest BCUT2D eigenvalue weighted by atomic mass is 19.1. The molecule has 0 saturated heterocycles. The molecule has 0 amide bonds. The van der Waals surface area contributed by atoms with E-state index in [1.54, 1.807) is 12.1 Å². The molecule has 3 heteroatoms. The molecule has 1 atom stereocenters. The minimum Gasteiger partial charge on any atom is -0.366 e. The van der Waals surface area contributed by atoms with Crippen LogP contribution in [0.3, 0.4) is 0 Å². The molecule has 0 spiro atoms. The minimum atomic E-state index is -0.294. The number of nitriles is 1. The van der Waals surface area contributed by atoms with Crippen molar-refractivity contribution in [3.05, 3.63) is 65.0 Å². The topological polar surface area (TPSA) is 27.0 Å². The van der Waals surface area contributed by atoms with E-state index in [0.29, 0.717) is 11.5 Å². The average molecular weight is 362 g/mol. The Hall–Kier alpha value is -2.60. The van der Waals surface area contributed by atoms with Crippen molar-refractivity contribution in [2.45, 2.75) is 52.0 Å². The van der Waals surface area contributed by atoms with Gasteiger partial charge in [-0.25, -0.2) is 4.39 Å². The third-order valence-corrected chi connectivity index (χ3v) is 5.44. The molecule has 2 aromatic carbocycles. The van der Waals surface area contributed by atoms with Crippen LogP contribution in [0.5, 0.6) is 0 Å². The van der Waals surface area contributed by atoms with Gasteiger partial charge in [-0.05, 0) is 79.6 Å². The number of nitrogens with zero attached hydrogens (tertiary/aromatic N) is 2. The molecular formula is C24H27FN2. The second-order valence-electron chi connectivity index (χ2n) is 8.06. The zero-order valence-corrected chi connectivity index (χ0v) is 16.6. The van der Waals surface area contributed by atoms with Gasteiger partial charge >= 0.3 is 0 Å². The molecule has 27 heavy (non-hydrogen) atoms. The van der Waals surface area contributed by atoms with Gasteiger partial charge in [-0.15, -0.1) is 0 Å². The lowest BCUT2D eigenvalue weighted by molar-refractivity contribution is 0.376. The number of halogens is 1. The van der Waals surface area contributed by atoms with Gasteiger partial charge < -0.3 is 4.90 Å². The Morgan fingerprint density at radius 2 is 1.96 bits per heavy atom. The van der Waals surface area contributed by atoms with Gasteiger partial charge in [-0.2, -0.15) is 5.26 Å². The van der Waals surface area contributed by atoms with Gasteiger partial charge in [0.15, 0.2) is 0 Å². The summed E-state index contributed by atoms with van der Waals surface area (Å²) in [7, 11) is 0. The molecule has 2 nitrogen and oxygen atoms in total. The fraction of sp³-hybridized carbons (Fsp3) is 0.375. The van der Waals surface area contributed by atoms with Crippen LogP contribution in [0.4, 0.5) is 10.1 Å². The highest BCUT2D eigenvalue weighted by Crippen LogP contribution is 2.43. The lowest BCUT2D eigenvalue weighted by atomic mass is 9.79. The quantitative estimate of drug-likeness (QED) is 0.465. The maximum absolute atomic E-state index is 13.2. The predicted octanol–water partition coefficient (Wildman–Crippen LogP) is 6.39. The summed E-state index contributed by atoms with van der Waals surface area (Å²) in [6, 6.07) is 14.8. The maximum Gasteiger partial charge on any atom is 0.123 e. The lowest BCUT2D eigenvalue weighted by Crippen LogP contribution is -2.48. The minimum absolute atomic E-state index is 0.145. The van der Waals surface area contributed by atoms with Gasteiger partial charge in [0.05, 0.1) is 11.6 Å². The van der Waals surface area contributed by atoms with Crippen LogP contribution in [0.15, 0.2) is 42.5 Å². The molecule has 1 unspecified atom stereocenters. The molecule has 140 valence electrons. The van der Waals surface area contributed by atoms with Gasteiger partial charge in [-0.1, -0.05) is 32.0 Å². The van der Waals surface area contributed by atoms with Crippen molar-refractivity contribution in [2.75, 3.05) is 11.4 Å². The van der Waals surface area contributed by atoms with Gasteiger partial charge in [0, 0.05) is 17.8 Å². The Kier molecular flexibility index (Phi) is 5.37. The number of hydrogen-bond donors (Lipinski definition) is 0. The number of benzene rings is 2. The molecule has 0 N–H and O–H groups in total. The van der Waals surface area contributed by atoms with Crippen LogP contribution in [-0.4, -0.2) is 12.1 Å². The van der Waals surface area contributed by atoms with E-state index in [2.05, 4.69) is 56.9 Å². The van der Waals surface area contributed by atoms with Crippen molar-refractivity contribution in [1.82, 2.24) is 0 Å². The summed E-state index contributed by atoms with van der Waals surface area (Å²) in [6.07, 6.45) is 4.11. The zero-order chi connectivity index (χ0) is 19.6. The van der Waals surface area contributed by atoms with Crippen molar-refractivity contribution in [3.63, 3.8) is 0 Å². The SMILES string of the molecule is CCCN1c2ccc(/C=C(\C#N)c3ccc(F)cc3)cc2C(C)CC1(C)C. The van der Waals surface area contributed by atoms with Crippen molar-refractivity contribution < 1.29 is 4.39 Å². The van der Waals surface area contributed by atoms with Crippen LogP contribution in [0.1, 0.15) is 63.1 Å². The Morgan fingerprint density at radius 1 is 1.26 bits per heavy atom. The predicted molar refractivity (Wildman–Crippen MR) is 111 cm³/mol. The lowest BCUT2D eigenvalue weighted by Gasteiger charge is -2.47. The Balaban J connectivity index is 2.01. The van der Waals surface area contributed by atoms with E-state index in [9.17, 15) is 9.65 Å². The summed E-state index contributed by atoms with van der Waals surface area (Å²) in [6.45, 7) is 10.2. The second-order valence-corrected chi connectivity index (χ2v) is 8.06. The third kappa shape index (κ3) is 3.90. The van der Waals surface area contributed by atoms with Crippen molar-refractivity contribution in [3.8, 4) is 6.07 Å². The van der Waals surface area contributed by atoms with Gasteiger partial charge in [-0.3, -0.25) is 0 Å². The average Bonchev–Trinajstić information content (AvgIpc) is 2.64. The van der Waals surface area contributed by atoms with Crippen LogP contribution in [-0.2, 0) is 0 Å². The Labute approximate surface area is 161 Å². The monoisotopic (exact) mass is 362 g/mol. The van der Waals surface area contributed by atoms with E-state index in [1.807, 2.05) is 6.08 Å². The summed E-state index contributed by atoms with van der Waals surface area (Å²) < 4.78 is 13.2. The summed E-state index contributed by atoms with van der Waals surface area (Å²) >= 11 is 0. The Morgan fingerprint density at radius 3 is 2.59 bits per heavy atom. The van der Waals surface area contributed by atoms with Crippen molar-refractivity contribution >= 4 is 17.3 Å². The number of fused-ring (bicyclic) bond motifs is 1. The second kappa shape index (κ2) is 7.56. The first-order valence-electron chi connectivity index (χ1n) is 9.65. The zero-order valence-electron chi connectivity index (χ0n) is 16.6. The third-order valence-electron chi connectivity index (χ3n) is 5.44. The summed E-state index contributed by atoms with van der Waals surface area (Å²) in [5.74, 6) is 0.171. The number of rotatable bonds is 4.